The van der Waals surface area contributed by atoms with Gasteiger partial charge in [-0.3, -0.25) is 9.88 Å². The van der Waals surface area contributed by atoms with E-state index in [1.165, 1.54) is 5.56 Å². The minimum Gasteiger partial charge on any atom is -0.371 e. The van der Waals surface area contributed by atoms with E-state index in [9.17, 15) is 0 Å². The lowest BCUT2D eigenvalue weighted by Gasteiger charge is -2.36. The molecule has 2 N–H and O–H groups in total. The quantitative estimate of drug-likeness (QED) is 0.833. The highest BCUT2D eigenvalue weighted by Crippen LogP contribution is 2.11. The summed E-state index contributed by atoms with van der Waals surface area (Å²) in [5.41, 5.74) is 7.01. The van der Waals surface area contributed by atoms with Gasteiger partial charge < -0.3 is 10.5 Å². The Bertz CT molecular complexity index is 331. The molecule has 0 saturated carbocycles. The highest BCUT2D eigenvalue weighted by molar-refractivity contribution is 5.09. The first-order chi connectivity index (χ1) is 8.28. The van der Waals surface area contributed by atoms with Crippen molar-refractivity contribution in [3.63, 3.8) is 0 Å². The topological polar surface area (TPSA) is 51.4 Å². The van der Waals surface area contributed by atoms with Gasteiger partial charge >= 0.3 is 0 Å². The SMILES string of the molecule is CC1CN(CCc2ccncc2)CC(CN)O1. The molecule has 17 heavy (non-hydrogen) atoms. The van der Waals surface area contributed by atoms with E-state index in [-0.39, 0.29) is 12.2 Å². The zero-order valence-corrected chi connectivity index (χ0v) is 10.4. The third-order valence-corrected chi connectivity index (χ3v) is 3.13. The number of ether oxygens (including phenoxy) is 1. The predicted molar refractivity (Wildman–Crippen MR) is 67.8 cm³/mol. The van der Waals surface area contributed by atoms with Crippen molar-refractivity contribution in [2.24, 2.45) is 5.73 Å². The van der Waals surface area contributed by atoms with Crippen molar-refractivity contribution in [2.45, 2.75) is 25.6 Å². The second kappa shape index (κ2) is 6.10. The molecule has 1 aromatic heterocycles. The van der Waals surface area contributed by atoms with Crippen molar-refractivity contribution in [2.75, 3.05) is 26.2 Å². The van der Waals surface area contributed by atoms with Gasteiger partial charge in [-0.15, -0.1) is 0 Å². The molecule has 0 amide bonds. The largest absolute Gasteiger partial charge is 0.371 e. The smallest absolute Gasteiger partial charge is 0.0828 e. The molecule has 1 aliphatic rings. The minimum absolute atomic E-state index is 0.191. The third kappa shape index (κ3) is 3.77. The Morgan fingerprint density at radius 2 is 2.18 bits per heavy atom. The number of rotatable bonds is 4. The molecule has 2 unspecified atom stereocenters. The third-order valence-electron chi connectivity index (χ3n) is 3.13. The van der Waals surface area contributed by atoms with Crippen LogP contribution in [0.1, 0.15) is 12.5 Å². The Balaban J connectivity index is 1.82. The molecule has 94 valence electrons. The fourth-order valence-corrected chi connectivity index (χ4v) is 2.29. The van der Waals surface area contributed by atoms with Crippen molar-refractivity contribution >= 4 is 0 Å². The van der Waals surface area contributed by atoms with E-state index in [1.807, 2.05) is 12.4 Å². The first-order valence-corrected chi connectivity index (χ1v) is 6.24. The Kier molecular flexibility index (Phi) is 4.48. The highest BCUT2D eigenvalue weighted by atomic mass is 16.5. The van der Waals surface area contributed by atoms with E-state index in [4.69, 9.17) is 10.5 Å². The lowest BCUT2D eigenvalue weighted by molar-refractivity contribution is -0.0716. The van der Waals surface area contributed by atoms with Crippen LogP contribution in [0.25, 0.3) is 0 Å². The molecule has 0 radical (unpaired) electrons. The van der Waals surface area contributed by atoms with Gasteiger partial charge in [0.15, 0.2) is 0 Å². The average molecular weight is 235 g/mol. The van der Waals surface area contributed by atoms with E-state index in [1.54, 1.807) is 0 Å². The van der Waals surface area contributed by atoms with E-state index in [0.717, 1.165) is 26.1 Å². The van der Waals surface area contributed by atoms with Gasteiger partial charge in [-0.05, 0) is 31.0 Å². The second-order valence-electron chi connectivity index (χ2n) is 4.67. The lowest BCUT2D eigenvalue weighted by atomic mass is 10.1. The number of pyridine rings is 1. The summed E-state index contributed by atoms with van der Waals surface area (Å²) in [5, 5.41) is 0. The number of nitrogens with zero attached hydrogens (tertiary/aromatic N) is 2. The molecule has 4 nitrogen and oxygen atoms in total. The second-order valence-corrected chi connectivity index (χ2v) is 4.67. The molecule has 0 spiro atoms. The van der Waals surface area contributed by atoms with Gasteiger partial charge in [-0.25, -0.2) is 0 Å². The van der Waals surface area contributed by atoms with Gasteiger partial charge in [0.05, 0.1) is 12.2 Å². The van der Waals surface area contributed by atoms with Crippen LogP contribution >= 0.6 is 0 Å². The summed E-state index contributed by atoms with van der Waals surface area (Å²) in [5.74, 6) is 0. The van der Waals surface area contributed by atoms with E-state index < -0.39 is 0 Å². The van der Waals surface area contributed by atoms with Crippen molar-refractivity contribution < 1.29 is 4.74 Å². The molecule has 1 aromatic rings. The molecule has 0 aromatic carbocycles. The first kappa shape index (κ1) is 12.5. The fourth-order valence-electron chi connectivity index (χ4n) is 2.29. The Labute approximate surface area is 103 Å². The molecule has 1 saturated heterocycles. The maximum atomic E-state index is 5.74. The molecule has 2 atom stereocenters. The van der Waals surface area contributed by atoms with E-state index in [2.05, 4.69) is 28.9 Å². The molecule has 4 heteroatoms. The highest BCUT2D eigenvalue weighted by Gasteiger charge is 2.23. The van der Waals surface area contributed by atoms with Gasteiger partial charge in [0, 0.05) is 38.6 Å². The molecule has 0 bridgehead atoms. The molecular weight excluding hydrogens is 214 g/mol. The number of nitrogens with two attached hydrogens (primary N) is 1. The zero-order chi connectivity index (χ0) is 12.1. The summed E-state index contributed by atoms with van der Waals surface area (Å²) in [6, 6.07) is 4.15. The van der Waals surface area contributed by atoms with Crippen molar-refractivity contribution in [1.29, 1.82) is 0 Å². The summed E-state index contributed by atoms with van der Waals surface area (Å²) in [6.07, 6.45) is 5.23. The maximum Gasteiger partial charge on any atom is 0.0828 e. The van der Waals surface area contributed by atoms with Crippen LogP contribution in [0.15, 0.2) is 24.5 Å². The van der Waals surface area contributed by atoms with Gasteiger partial charge in [0.2, 0.25) is 0 Å². The Morgan fingerprint density at radius 3 is 2.88 bits per heavy atom. The van der Waals surface area contributed by atoms with Crippen LogP contribution < -0.4 is 5.73 Å². The Morgan fingerprint density at radius 1 is 1.41 bits per heavy atom. The molecule has 0 aliphatic carbocycles. The molecule has 2 rings (SSSR count). The first-order valence-electron chi connectivity index (χ1n) is 6.24. The number of morpholine rings is 1. The van der Waals surface area contributed by atoms with Crippen LogP contribution in [0.5, 0.6) is 0 Å². The molecule has 2 heterocycles. The molecule has 1 fully saturated rings. The average Bonchev–Trinajstić information content (AvgIpc) is 2.37. The van der Waals surface area contributed by atoms with Gasteiger partial charge in [-0.2, -0.15) is 0 Å². The fraction of sp³-hybridized carbons (Fsp3) is 0.615. The lowest BCUT2D eigenvalue weighted by Crippen LogP contribution is -2.49. The summed E-state index contributed by atoms with van der Waals surface area (Å²) >= 11 is 0. The molecular formula is C13H21N3O. The van der Waals surface area contributed by atoms with Gasteiger partial charge in [-0.1, -0.05) is 0 Å². The van der Waals surface area contributed by atoms with Crippen LogP contribution in [0, 0.1) is 0 Å². The van der Waals surface area contributed by atoms with Crippen LogP contribution in [-0.2, 0) is 11.2 Å². The number of hydrogen-bond donors (Lipinski definition) is 1. The number of hydrogen-bond acceptors (Lipinski definition) is 4. The zero-order valence-electron chi connectivity index (χ0n) is 10.4. The van der Waals surface area contributed by atoms with Crippen molar-refractivity contribution in [1.82, 2.24) is 9.88 Å². The monoisotopic (exact) mass is 235 g/mol. The summed E-state index contributed by atoms with van der Waals surface area (Å²) < 4.78 is 5.74. The van der Waals surface area contributed by atoms with E-state index >= 15 is 0 Å². The summed E-state index contributed by atoms with van der Waals surface area (Å²) in [4.78, 5) is 6.46. The van der Waals surface area contributed by atoms with Crippen LogP contribution in [0.4, 0.5) is 0 Å². The number of aromatic nitrogens is 1. The van der Waals surface area contributed by atoms with Crippen molar-refractivity contribution in [3.8, 4) is 0 Å². The van der Waals surface area contributed by atoms with Gasteiger partial charge in [0.25, 0.3) is 0 Å². The van der Waals surface area contributed by atoms with Gasteiger partial charge in [0.1, 0.15) is 0 Å². The molecule has 1 aliphatic heterocycles. The summed E-state index contributed by atoms with van der Waals surface area (Å²) in [6.45, 7) is 5.74. The van der Waals surface area contributed by atoms with Crippen LogP contribution in [0.2, 0.25) is 0 Å². The normalized spacial score (nSPS) is 26.0. The minimum atomic E-state index is 0.191. The van der Waals surface area contributed by atoms with Crippen LogP contribution in [-0.4, -0.2) is 48.3 Å². The maximum absolute atomic E-state index is 5.74. The predicted octanol–water partition coefficient (Wildman–Crippen LogP) is 0.672. The standard InChI is InChI=1S/C13H21N3O/c1-11-9-16(10-13(8-14)17-11)7-4-12-2-5-15-6-3-12/h2-3,5-6,11,13H,4,7-10,14H2,1H3. The van der Waals surface area contributed by atoms with Crippen LogP contribution in [0.3, 0.4) is 0 Å². The Hall–Kier alpha value is -0.970. The van der Waals surface area contributed by atoms with E-state index in [0.29, 0.717) is 6.54 Å². The summed E-state index contributed by atoms with van der Waals surface area (Å²) in [7, 11) is 0. The van der Waals surface area contributed by atoms with Crippen molar-refractivity contribution in [3.05, 3.63) is 30.1 Å².